The molecular weight excluding hydrogens is 88.1 g/mol. The van der Waals surface area contributed by atoms with Gasteiger partial charge in [-0.3, -0.25) is 0 Å². The molecule has 24 valence electrons. The zero-order chi connectivity index (χ0) is 3.41. The summed E-state index contributed by atoms with van der Waals surface area (Å²) in [6, 6.07) is 0. The minimum Gasteiger partial charge on any atom is -0.520 e. The van der Waals surface area contributed by atoms with Gasteiger partial charge in [-0.1, -0.05) is 0 Å². The van der Waals surface area contributed by atoms with Crippen molar-refractivity contribution in [2.45, 2.75) is 6.42 Å². The van der Waals surface area contributed by atoms with E-state index in [4.69, 9.17) is 6.58 Å². The summed E-state index contributed by atoms with van der Waals surface area (Å²) < 4.78 is 0. The van der Waals surface area contributed by atoms with Gasteiger partial charge in [0.1, 0.15) is 0 Å². The van der Waals surface area contributed by atoms with E-state index < -0.39 is 0 Å². The van der Waals surface area contributed by atoms with Crippen LogP contribution < -0.4 is 0 Å². The van der Waals surface area contributed by atoms with E-state index in [1.54, 1.807) is 0 Å². The third kappa shape index (κ3) is 11.3. The normalized spacial score (nSPS) is 5.00. The van der Waals surface area contributed by atoms with Crippen LogP contribution in [-0.2, 0) is 0 Å². The monoisotopic (exact) mass is 94.0 g/mol. The Morgan fingerprint density at radius 3 is 2.00 bits per heavy atom. The molecule has 0 saturated carbocycles. The zero-order valence-corrected chi connectivity index (χ0v) is 5.48. The fourth-order valence-corrected chi connectivity index (χ4v) is 0. The van der Waals surface area contributed by atoms with Crippen molar-refractivity contribution in [3.8, 4) is 0 Å². The Labute approximate surface area is 63.3 Å². The molecule has 0 aliphatic carbocycles. The van der Waals surface area contributed by atoms with Crippen molar-refractivity contribution in [1.82, 2.24) is 0 Å². The average Bonchev–Trinajstić information content (AvgIpc) is 1.37. The molecule has 0 atom stereocenters. The molecule has 0 saturated heterocycles. The molecule has 0 fully saturated rings. The fraction of sp³-hybridized carbons (Fsp3) is 0.250. The second-order valence-corrected chi connectivity index (χ2v) is 0.524. The Bertz CT molecular complexity index is 17.6. The van der Waals surface area contributed by atoms with E-state index in [0.29, 0.717) is 0 Å². The third-order valence-corrected chi connectivity index (χ3v) is 0.167. The molecule has 0 unspecified atom stereocenters. The molecule has 0 rings (SSSR count). The van der Waals surface area contributed by atoms with Gasteiger partial charge >= 0.3 is 37.7 Å². The molecule has 0 radical (unpaired) electrons. The van der Waals surface area contributed by atoms with E-state index in [1.165, 1.54) is 6.08 Å². The van der Waals surface area contributed by atoms with Crippen LogP contribution in [-0.4, -0.2) is 37.7 Å². The van der Waals surface area contributed by atoms with Crippen molar-refractivity contribution in [2.24, 2.45) is 0 Å². The minimum absolute atomic E-state index is 0. The SMILES string of the molecule is [CH-]=CC[CH2-].[Ca+2]. The summed E-state index contributed by atoms with van der Waals surface area (Å²) >= 11 is 0. The summed E-state index contributed by atoms with van der Waals surface area (Å²) in [5, 5.41) is 0. The molecule has 0 aromatic carbocycles. The Balaban J connectivity index is 0. The number of rotatable bonds is 1. The van der Waals surface area contributed by atoms with Crippen LogP contribution >= 0.6 is 0 Å². The molecule has 0 aliphatic heterocycles. The van der Waals surface area contributed by atoms with E-state index in [-0.39, 0.29) is 37.7 Å². The van der Waals surface area contributed by atoms with Crippen LogP contribution in [0.3, 0.4) is 0 Å². The van der Waals surface area contributed by atoms with Gasteiger partial charge in [-0.05, 0) is 0 Å². The maximum absolute atomic E-state index is 4.84. The van der Waals surface area contributed by atoms with Gasteiger partial charge in [0.05, 0.1) is 0 Å². The van der Waals surface area contributed by atoms with E-state index in [2.05, 4.69) is 6.92 Å². The minimum atomic E-state index is 0. The second kappa shape index (κ2) is 8.89. The molecular formula is C4H6Ca. The molecule has 1 heteroatoms. The first-order valence-electron chi connectivity index (χ1n) is 1.24. The Kier molecular flexibility index (Phi) is 16.7. The van der Waals surface area contributed by atoms with Gasteiger partial charge in [-0.2, -0.15) is 6.42 Å². The fourth-order valence-electron chi connectivity index (χ4n) is 0. The largest absolute Gasteiger partial charge is 2.00 e. The summed E-state index contributed by atoms with van der Waals surface area (Å²) in [6.07, 6.45) is 2.24. The average molecular weight is 94.2 g/mol. The van der Waals surface area contributed by atoms with Crippen LogP contribution in [0, 0.1) is 13.5 Å². The molecule has 0 aromatic heterocycles. The second-order valence-electron chi connectivity index (χ2n) is 0.524. The molecule has 0 nitrogen and oxygen atoms in total. The smallest absolute Gasteiger partial charge is 0.520 e. The van der Waals surface area contributed by atoms with Gasteiger partial charge in [0.15, 0.2) is 0 Å². The Morgan fingerprint density at radius 1 is 1.80 bits per heavy atom. The predicted molar refractivity (Wildman–Crippen MR) is 24.6 cm³/mol. The standard InChI is InChI=1S/C4H6.Ca/c1-3-4-2;/h1,3H,2,4H2;/q-2;+2. The molecule has 0 bridgehead atoms. The van der Waals surface area contributed by atoms with E-state index >= 15 is 0 Å². The van der Waals surface area contributed by atoms with Crippen LogP contribution in [0.5, 0.6) is 0 Å². The van der Waals surface area contributed by atoms with Crippen molar-refractivity contribution in [2.75, 3.05) is 0 Å². The summed E-state index contributed by atoms with van der Waals surface area (Å²) in [4.78, 5) is 0. The van der Waals surface area contributed by atoms with Crippen LogP contribution in [0.2, 0.25) is 0 Å². The Hall–Kier alpha value is 1.000. The zero-order valence-electron chi connectivity index (χ0n) is 3.28. The van der Waals surface area contributed by atoms with Crippen molar-refractivity contribution in [3.05, 3.63) is 19.6 Å². The first kappa shape index (κ1) is 9.37. The third-order valence-electron chi connectivity index (χ3n) is 0.167. The summed E-state index contributed by atoms with van der Waals surface area (Å²) in [5.74, 6) is 0. The van der Waals surface area contributed by atoms with Crippen molar-refractivity contribution >= 4 is 37.7 Å². The maximum Gasteiger partial charge on any atom is 2.00 e. The summed E-state index contributed by atoms with van der Waals surface area (Å²) in [6.45, 7) is 8.26. The number of hydrogen-bond acceptors (Lipinski definition) is 0. The van der Waals surface area contributed by atoms with Crippen LogP contribution in [0.1, 0.15) is 6.42 Å². The van der Waals surface area contributed by atoms with Crippen LogP contribution in [0.15, 0.2) is 6.08 Å². The van der Waals surface area contributed by atoms with E-state index in [1.807, 2.05) is 0 Å². The Morgan fingerprint density at radius 2 is 2.00 bits per heavy atom. The molecule has 0 amide bonds. The summed E-state index contributed by atoms with van der Waals surface area (Å²) in [5.41, 5.74) is 0. The quantitative estimate of drug-likeness (QED) is 0.333. The van der Waals surface area contributed by atoms with Crippen molar-refractivity contribution in [1.29, 1.82) is 0 Å². The maximum atomic E-state index is 4.84. The van der Waals surface area contributed by atoms with E-state index in [9.17, 15) is 0 Å². The van der Waals surface area contributed by atoms with Crippen LogP contribution in [0.4, 0.5) is 0 Å². The van der Waals surface area contributed by atoms with Crippen LogP contribution in [0.25, 0.3) is 0 Å². The van der Waals surface area contributed by atoms with Gasteiger partial charge in [-0.25, -0.2) is 0 Å². The van der Waals surface area contributed by atoms with Gasteiger partial charge < -0.3 is 19.6 Å². The number of allylic oxidation sites excluding steroid dienone is 1. The van der Waals surface area contributed by atoms with E-state index in [0.717, 1.165) is 6.42 Å². The topological polar surface area (TPSA) is 0 Å². The van der Waals surface area contributed by atoms with Gasteiger partial charge in [-0.15, -0.1) is 0 Å². The number of hydrogen-bond donors (Lipinski definition) is 0. The van der Waals surface area contributed by atoms with Crippen molar-refractivity contribution in [3.63, 3.8) is 0 Å². The van der Waals surface area contributed by atoms with Gasteiger partial charge in [0.2, 0.25) is 0 Å². The molecule has 0 aromatic rings. The molecule has 0 heterocycles. The predicted octanol–water partition coefficient (Wildman–Crippen LogP) is 0.819. The van der Waals surface area contributed by atoms with Gasteiger partial charge in [0, 0.05) is 0 Å². The molecule has 0 aliphatic rings. The van der Waals surface area contributed by atoms with Gasteiger partial charge in [0.25, 0.3) is 0 Å². The van der Waals surface area contributed by atoms with Crippen molar-refractivity contribution < 1.29 is 0 Å². The summed E-state index contributed by atoms with van der Waals surface area (Å²) in [7, 11) is 0. The molecule has 0 N–H and O–H groups in total. The first-order chi connectivity index (χ1) is 1.91. The first-order valence-corrected chi connectivity index (χ1v) is 1.24. The molecule has 0 spiro atoms. The molecule has 5 heavy (non-hydrogen) atoms.